The lowest BCUT2D eigenvalue weighted by Crippen LogP contribution is -2.29. The van der Waals surface area contributed by atoms with E-state index in [9.17, 15) is 19.1 Å². The van der Waals surface area contributed by atoms with Crippen LogP contribution < -0.4 is 14.4 Å². The quantitative estimate of drug-likeness (QED) is 0.235. The SMILES string of the molecule is COc1cccc(C2/C(=C(\O)c3cccc(OCC(C)C)c3)C(=O)C(=O)N2c2ccc(F)c(Cl)c2)c1. The molecular weight excluding hydrogens is 485 g/mol. The van der Waals surface area contributed by atoms with Crippen LogP contribution in [0.4, 0.5) is 10.1 Å². The van der Waals surface area contributed by atoms with Crippen LogP contribution in [-0.4, -0.2) is 30.5 Å². The van der Waals surface area contributed by atoms with E-state index in [-0.39, 0.29) is 22.0 Å². The summed E-state index contributed by atoms with van der Waals surface area (Å²) in [5.74, 6) is -1.46. The highest BCUT2D eigenvalue weighted by Crippen LogP contribution is 2.43. The minimum Gasteiger partial charge on any atom is -0.507 e. The van der Waals surface area contributed by atoms with Crippen molar-refractivity contribution in [2.45, 2.75) is 19.9 Å². The third-order valence-electron chi connectivity index (χ3n) is 5.73. The molecule has 1 aliphatic heterocycles. The Morgan fingerprint density at radius 3 is 2.47 bits per heavy atom. The van der Waals surface area contributed by atoms with E-state index in [1.54, 1.807) is 48.5 Å². The molecule has 1 aliphatic rings. The van der Waals surface area contributed by atoms with Gasteiger partial charge in [-0.15, -0.1) is 0 Å². The number of carbonyl (C=O) groups excluding carboxylic acids is 2. The smallest absolute Gasteiger partial charge is 0.300 e. The average molecular weight is 510 g/mol. The summed E-state index contributed by atoms with van der Waals surface area (Å²) in [6.07, 6.45) is 0. The van der Waals surface area contributed by atoms with Gasteiger partial charge in [0.15, 0.2) is 0 Å². The fourth-order valence-electron chi connectivity index (χ4n) is 4.01. The Morgan fingerprint density at radius 2 is 1.78 bits per heavy atom. The molecule has 1 saturated heterocycles. The number of benzene rings is 3. The molecule has 1 amide bonds. The van der Waals surface area contributed by atoms with Gasteiger partial charge in [-0.1, -0.05) is 49.7 Å². The number of halogens is 2. The molecule has 4 rings (SSSR count). The van der Waals surface area contributed by atoms with Gasteiger partial charge in [0.2, 0.25) is 0 Å². The minimum absolute atomic E-state index is 0.116. The summed E-state index contributed by atoms with van der Waals surface area (Å²) in [4.78, 5) is 27.8. The van der Waals surface area contributed by atoms with Gasteiger partial charge in [-0.05, 0) is 53.9 Å². The van der Waals surface area contributed by atoms with Crippen molar-refractivity contribution in [1.82, 2.24) is 0 Å². The second-order valence-corrected chi connectivity index (χ2v) is 9.18. The molecular formula is C28H25ClFNO5. The topological polar surface area (TPSA) is 76.1 Å². The molecule has 0 aromatic heterocycles. The van der Waals surface area contributed by atoms with E-state index in [0.29, 0.717) is 35.2 Å². The van der Waals surface area contributed by atoms with Crippen LogP contribution in [0.2, 0.25) is 5.02 Å². The summed E-state index contributed by atoms with van der Waals surface area (Å²) in [5.41, 5.74) is 0.932. The van der Waals surface area contributed by atoms with Crippen molar-refractivity contribution in [3.8, 4) is 11.5 Å². The van der Waals surface area contributed by atoms with Gasteiger partial charge < -0.3 is 14.6 Å². The Bertz CT molecular complexity index is 1350. The summed E-state index contributed by atoms with van der Waals surface area (Å²) < 4.78 is 25.0. The predicted molar refractivity (Wildman–Crippen MR) is 136 cm³/mol. The molecule has 0 radical (unpaired) electrons. The number of Topliss-reactive ketones (excluding diaryl/α,β-unsaturated/α-hetero) is 1. The minimum atomic E-state index is -1.01. The molecule has 1 fully saturated rings. The third kappa shape index (κ3) is 4.93. The largest absolute Gasteiger partial charge is 0.507 e. The number of aliphatic hydroxyl groups is 1. The zero-order chi connectivity index (χ0) is 26.0. The highest BCUT2D eigenvalue weighted by molar-refractivity contribution is 6.51. The molecule has 8 heteroatoms. The lowest BCUT2D eigenvalue weighted by molar-refractivity contribution is -0.132. The van der Waals surface area contributed by atoms with Gasteiger partial charge in [0, 0.05) is 11.3 Å². The summed E-state index contributed by atoms with van der Waals surface area (Å²) in [5, 5.41) is 11.1. The monoisotopic (exact) mass is 509 g/mol. The van der Waals surface area contributed by atoms with Crippen LogP contribution in [0.5, 0.6) is 11.5 Å². The standard InChI is InChI=1S/C28H25ClFNO5/c1-16(2)15-36-21-9-5-7-18(13-21)26(32)24-25(17-6-4-8-20(12-17)35-3)31(28(34)27(24)33)19-10-11-23(30)22(29)14-19/h4-14,16,25,32H,15H2,1-3H3/b26-24+. The van der Waals surface area contributed by atoms with Gasteiger partial charge in [0.05, 0.1) is 30.4 Å². The van der Waals surface area contributed by atoms with E-state index in [4.69, 9.17) is 21.1 Å². The van der Waals surface area contributed by atoms with Crippen LogP contribution in [0.1, 0.15) is 31.0 Å². The van der Waals surface area contributed by atoms with Crippen LogP contribution in [0.25, 0.3) is 5.76 Å². The highest BCUT2D eigenvalue weighted by atomic mass is 35.5. The van der Waals surface area contributed by atoms with Crippen LogP contribution in [0, 0.1) is 11.7 Å². The molecule has 0 saturated carbocycles. The molecule has 36 heavy (non-hydrogen) atoms. The fraction of sp³-hybridized carbons (Fsp3) is 0.214. The van der Waals surface area contributed by atoms with Crippen LogP contribution >= 0.6 is 11.6 Å². The summed E-state index contributed by atoms with van der Waals surface area (Å²) in [6, 6.07) is 16.2. The number of methoxy groups -OCH3 is 1. The second-order valence-electron chi connectivity index (χ2n) is 8.78. The number of carbonyl (C=O) groups is 2. The maximum Gasteiger partial charge on any atom is 0.300 e. The first kappa shape index (κ1) is 25.3. The van der Waals surface area contributed by atoms with E-state index in [1.165, 1.54) is 24.1 Å². The molecule has 0 aliphatic carbocycles. The van der Waals surface area contributed by atoms with Gasteiger partial charge in [0.1, 0.15) is 23.1 Å². The number of rotatable bonds is 7. The van der Waals surface area contributed by atoms with Gasteiger partial charge in [-0.25, -0.2) is 4.39 Å². The number of anilines is 1. The number of nitrogens with zero attached hydrogens (tertiary/aromatic N) is 1. The molecule has 1 heterocycles. The normalized spacial score (nSPS) is 17.1. The lowest BCUT2D eigenvalue weighted by atomic mass is 9.95. The number of aliphatic hydroxyl groups excluding tert-OH is 1. The number of hydrogen-bond acceptors (Lipinski definition) is 5. The van der Waals surface area contributed by atoms with E-state index in [0.717, 1.165) is 6.07 Å². The maximum atomic E-state index is 13.9. The summed E-state index contributed by atoms with van der Waals surface area (Å²) in [7, 11) is 1.50. The lowest BCUT2D eigenvalue weighted by Gasteiger charge is -2.26. The Kier molecular flexibility index (Phi) is 7.31. The first-order chi connectivity index (χ1) is 17.2. The van der Waals surface area contributed by atoms with Gasteiger partial charge in [-0.2, -0.15) is 0 Å². The van der Waals surface area contributed by atoms with E-state index < -0.39 is 23.5 Å². The van der Waals surface area contributed by atoms with Crippen LogP contribution in [0.3, 0.4) is 0 Å². The van der Waals surface area contributed by atoms with E-state index >= 15 is 0 Å². The van der Waals surface area contributed by atoms with E-state index in [2.05, 4.69) is 0 Å². The Labute approximate surface area is 213 Å². The zero-order valence-corrected chi connectivity index (χ0v) is 20.8. The summed E-state index contributed by atoms with van der Waals surface area (Å²) in [6.45, 7) is 4.51. The molecule has 3 aromatic rings. The number of hydrogen-bond donors (Lipinski definition) is 1. The molecule has 0 spiro atoms. The number of ketones is 1. The molecule has 186 valence electrons. The molecule has 1 unspecified atom stereocenters. The Morgan fingerprint density at radius 1 is 1.06 bits per heavy atom. The first-order valence-corrected chi connectivity index (χ1v) is 11.7. The van der Waals surface area contributed by atoms with Crippen molar-refractivity contribution in [3.63, 3.8) is 0 Å². The number of ether oxygens (including phenoxy) is 2. The fourth-order valence-corrected chi connectivity index (χ4v) is 4.19. The molecule has 1 atom stereocenters. The molecule has 3 aromatic carbocycles. The third-order valence-corrected chi connectivity index (χ3v) is 6.02. The van der Waals surface area contributed by atoms with Crippen LogP contribution in [-0.2, 0) is 9.59 Å². The van der Waals surface area contributed by atoms with Gasteiger partial charge in [-0.3, -0.25) is 14.5 Å². The van der Waals surface area contributed by atoms with Crippen molar-refractivity contribution in [1.29, 1.82) is 0 Å². The van der Waals surface area contributed by atoms with Crippen molar-refractivity contribution >= 4 is 34.7 Å². The highest BCUT2D eigenvalue weighted by Gasteiger charge is 2.47. The maximum absolute atomic E-state index is 13.9. The van der Waals surface area contributed by atoms with Crippen molar-refractivity contribution in [2.75, 3.05) is 18.6 Å². The van der Waals surface area contributed by atoms with E-state index in [1.807, 2.05) is 13.8 Å². The second kappa shape index (κ2) is 10.4. The zero-order valence-electron chi connectivity index (χ0n) is 20.0. The van der Waals surface area contributed by atoms with Crippen molar-refractivity contribution < 1.29 is 28.6 Å². The molecule has 6 nitrogen and oxygen atoms in total. The Hall–Kier alpha value is -3.84. The van der Waals surface area contributed by atoms with Crippen LogP contribution in [0.15, 0.2) is 72.3 Å². The Balaban J connectivity index is 1.89. The predicted octanol–water partition coefficient (Wildman–Crippen LogP) is 6.15. The molecule has 0 bridgehead atoms. The molecule has 1 N–H and O–H groups in total. The van der Waals surface area contributed by atoms with Gasteiger partial charge >= 0.3 is 0 Å². The van der Waals surface area contributed by atoms with Crippen molar-refractivity contribution in [2.24, 2.45) is 5.92 Å². The van der Waals surface area contributed by atoms with Gasteiger partial charge in [0.25, 0.3) is 11.7 Å². The average Bonchev–Trinajstić information content (AvgIpc) is 3.14. The first-order valence-electron chi connectivity index (χ1n) is 11.3. The number of amides is 1. The van der Waals surface area contributed by atoms with Crippen molar-refractivity contribution in [3.05, 3.63) is 94.3 Å². The summed E-state index contributed by atoms with van der Waals surface area (Å²) >= 11 is 5.99.